The van der Waals surface area contributed by atoms with Crippen molar-refractivity contribution in [2.45, 2.75) is 25.6 Å². The van der Waals surface area contributed by atoms with Gasteiger partial charge in [-0.1, -0.05) is 44.2 Å². The number of likely N-dealkylation sites (tertiary alicyclic amines) is 1. The minimum Gasteiger partial charge on any atom is -0.298 e. The number of nitrogens with zero attached hydrogens (tertiary/aromatic N) is 1. The Labute approximate surface area is 104 Å². The molecule has 1 fully saturated rings. The van der Waals surface area contributed by atoms with Crippen LogP contribution in [0.1, 0.15) is 19.4 Å². The van der Waals surface area contributed by atoms with Crippen LogP contribution in [0, 0.1) is 11.8 Å². The van der Waals surface area contributed by atoms with Crippen LogP contribution in [0.3, 0.4) is 0 Å². The summed E-state index contributed by atoms with van der Waals surface area (Å²) in [6.45, 7) is 8.05. The molecule has 16 heavy (non-hydrogen) atoms. The molecule has 0 N–H and O–H groups in total. The zero-order valence-corrected chi connectivity index (χ0v) is 11.0. The lowest BCUT2D eigenvalue weighted by Crippen LogP contribution is -2.44. The maximum atomic E-state index is 4.69. The van der Waals surface area contributed by atoms with Gasteiger partial charge < -0.3 is 0 Å². The fourth-order valence-electron chi connectivity index (χ4n) is 2.64. The minimum absolute atomic E-state index is 0.562. The van der Waals surface area contributed by atoms with Crippen molar-refractivity contribution in [3.63, 3.8) is 0 Å². The van der Waals surface area contributed by atoms with Gasteiger partial charge in [0, 0.05) is 24.9 Å². The van der Waals surface area contributed by atoms with Crippen molar-refractivity contribution in [2.75, 3.05) is 13.1 Å². The fourth-order valence-corrected chi connectivity index (χ4v) is 2.83. The summed E-state index contributed by atoms with van der Waals surface area (Å²) in [5.74, 6) is 1.38. The number of rotatable bonds is 2. The van der Waals surface area contributed by atoms with Gasteiger partial charge in [0.25, 0.3) is 0 Å². The minimum atomic E-state index is 0.562. The van der Waals surface area contributed by atoms with Crippen LogP contribution in [0.5, 0.6) is 0 Å². The molecule has 1 nitrogen and oxygen atoms in total. The maximum absolute atomic E-state index is 4.69. The van der Waals surface area contributed by atoms with Crippen molar-refractivity contribution in [3.8, 4) is 0 Å². The maximum Gasteiger partial charge on any atom is 0.0233 e. The van der Waals surface area contributed by atoms with Crippen molar-refractivity contribution in [3.05, 3.63) is 35.9 Å². The molecule has 0 unspecified atom stereocenters. The third-order valence-corrected chi connectivity index (χ3v) is 4.53. The third kappa shape index (κ3) is 2.80. The normalized spacial score (nSPS) is 28.2. The molecule has 0 saturated carbocycles. The van der Waals surface area contributed by atoms with E-state index in [9.17, 15) is 0 Å². The van der Waals surface area contributed by atoms with Gasteiger partial charge in [-0.15, -0.1) is 0 Å². The van der Waals surface area contributed by atoms with E-state index in [0.29, 0.717) is 17.1 Å². The van der Waals surface area contributed by atoms with Crippen LogP contribution in [0.25, 0.3) is 0 Å². The standard InChI is InChI=1S/C14H21NS/c1-11-8-15(9-12(2)14(11)16)10-13-6-4-3-5-7-13/h3-7,11-12,14,16H,8-10H2,1-2H3/t11-,12-/m0/s1. The smallest absolute Gasteiger partial charge is 0.0233 e. The van der Waals surface area contributed by atoms with Crippen LogP contribution in [0.2, 0.25) is 0 Å². The van der Waals surface area contributed by atoms with Gasteiger partial charge in [0.2, 0.25) is 0 Å². The summed E-state index contributed by atoms with van der Waals surface area (Å²) in [6, 6.07) is 10.7. The summed E-state index contributed by atoms with van der Waals surface area (Å²) in [4.78, 5) is 2.55. The summed E-state index contributed by atoms with van der Waals surface area (Å²) >= 11 is 4.69. The van der Waals surface area contributed by atoms with E-state index in [1.807, 2.05) is 0 Å². The molecule has 0 aliphatic carbocycles. The molecule has 1 aliphatic rings. The Morgan fingerprint density at radius 3 is 2.25 bits per heavy atom. The highest BCUT2D eigenvalue weighted by atomic mass is 32.1. The van der Waals surface area contributed by atoms with E-state index in [1.54, 1.807) is 0 Å². The van der Waals surface area contributed by atoms with Gasteiger partial charge in [-0.3, -0.25) is 4.90 Å². The molecule has 1 aromatic rings. The van der Waals surface area contributed by atoms with E-state index in [4.69, 9.17) is 12.6 Å². The van der Waals surface area contributed by atoms with E-state index in [1.165, 1.54) is 18.7 Å². The zero-order valence-electron chi connectivity index (χ0n) is 10.1. The van der Waals surface area contributed by atoms with E-state index < -0.39 is 0 Å². The Morgan fingerprint density at radius 1 is 1.12 bits per heavy atom. The Bertz CT molecular complexity index is 313. The van der Waals surface area contributed by atoms with E-state index in [2.05, 4.69) is 49.1 Å². The molecule has 2 heteroatoms. The largest absolute Gasteiger partial charge is 0.298 e. The van der Waals surface area contributed by atoms with Crippen molar-refractivity contribution in [2.24, 2.45) is 11.8 Å². The molecular weight excluding hydrogens is 214 g/mol. The Balaban J connectivity index is 1.97. The highest BCUT2D eigenvalue weighted by Crippen LogP contribution is 2.27. The second kappa shape index (κ2) is 5.24. The number of hydrogen-bond donors (Lipinski definition) is 1. The average molecular weight is 235 g/mol. The molecule has 0 spiro atoms. The molecule has 0 radical (unpaired) electrons. The zero-order chi connectivity index (χ0) is 11.5. The first kappa shape index (κ1) is 12.0. The van der Waals surface area contributed by atoms with Gasteiger partial charge in [-0.25, -0.2) is 0 Å². The predicted octanol–water partition coefficient (Wildman–Crippen LogP) is 3.07. The Morgan fingerprint density at radius 2 is 1.69 bits per heavy atom. The number of benzene rings is 1. The first-order valence-corrected chi connectivity index (χ1v) is 6.63. The van der Waals surface area contributed by atoms with Crippen LogP contribution in [-0.2, 0) is 6.54 Å². The predicted molar refractivity (Wildman–Crippen MR) is 72.8 cm³/mol. The summed E-state index contributed by atoms with van der Waals surface area (Å²) in [7, 11) is 0. The first-order valence-electron chi connectivity index (χ1n) is 6.11. The van der Waals surface area contributed by atoms with Gasteiger partial charge >= 0.3 is 0 Å². The van der Waals surface area contributed by atoms with Crippen LogP contribution in [-0.4, -0.2) is 23.2 Å². The van der Waals surface area contributed by atoms with Crippen molar-refractivity contribution < 1.29 is 0 Å². The van der Waals surface area contributed by atoms with Gasteiger partial charge in [0.15, 0.2) is 0 Å². The SMILES string of the molecule is C[C@H]1CN(Cc2ccccc2)C[C@H](C)C1S. The lowest BCUT2D eigenvalue weighted by Gasteiger charge is -2.39. The van der Waals surface area contributed by atoms with Gasteiger partial charge in [0.05, 0.1) is 0 Å². The third-order valence-electron chi connectivity index (χ3n) is 3.51. The van der Waals surface area contributed by atoms with Crippen LogP contribution < -0.4 is 0 Å². The second-order valence-electron chi connectivity index (χ2n) is 5.12. The number of hydrogen-bond acceptors (Lipinski definition) is 2. The summed E-state index contributed by atoms with van der Waals surface area (Å²) in [5, 5.41) is 0.562. The molecule has 1 saturated heterocycles. The molecule has 1 heterocycles. The van der Waals surface area contributed by atoms with Gasteiger partial charge in [-0.05, 0) is 17.4 Å². The van der Waals surface area contributed by atoms with E-state index in [0.717, 1.165) is 6.54 Å². The second-order valence-corrected chi connectivity index (χ2v) is 5.72. The van der Waals surface area contributed by atoms with Crippen LogP contribution in [0.4, 0.5) is 0 Å². The van der Waals surface area contributed by atoms with Crippen LogP contribution >= 0.6 is 12.6 Å². The quantitative estimate of drug-likeness (QED) is 0.771. The monoisotopic (exact) mass is 235 g/mol. The fraction of sp³-hybridized carbons (Fsp3) is 0.571. The molecule has 2 atom stereocenters. The van der Waals surface area contributed by atoms with Crippen molar-refractivity contribution in [1.82, 2.24) is 4.90 Å². The molecular formula is C14H21NS. The lowest BCUT2D eigenvalue weighted by atomic mass is 9.91. The Kier molecular flexibility index (Phi) is 3.93. The first-order chi connectivity index (χ1) is 7.66. The molecule has 0 amide bonds. The Hall–Kier alpha value is -0.470. The molecule has 1 aromatic carbocycles. The highest BCUT2D eigenvalue weighted by Gasteiger charge is 2.28. The molecule has 1 aliphatic heterocycles. The topological polar surface area (TPSA) is 3.24 Å². The summed E-state index contributed by atoms with van der Waals surface area (Å²) < 4.78 is 0. The van der Waals surface area contributed by atoms with Gasteiger partial charge in [0.1, 0.15) is 0 Å². The van der Waals surface area contributed by atoms with E-state index >= 15 is 0 Å². The summed E-state index contributed by atoms with van der Waals surface area (Å²) in [6.07, 6.45) is 0. The van der Waals surface area contributed by atoms with Gasteiger partial charge in [-0.2, -0.15) is 12.6 Å². The number of piperidine rings is 1. The lowest BCUT2D eigenvalue weighted by molar-refractivity contribution is 0.141. The molecule has 0 aromatic heterocycles. The van der Waals surface area contributed by atoms with Crippen molar-refractivity contribution >= 4 is 12.6 Å². The average Bonchev–Trinajstić information content (AvgIpc) is 2.27. The van der Waals surface area contributed by atoms with Crippen molar-refractivity contribution in [1.29, 1.82) is 0 Å². The summed E-state index contributed by atoms with van der Waals surface area (Å²) in [5.41, 5.74) is 1.42. The highest BCUT2D eigenvalue weighted by molar-refractivity contribution is 7.81. The van der Waals surface area contributed by atoms with Crippen LogP contribution in [0.15, 0.2) is 30.3 Å². The number of thiol groups is 1. The molecule has 88 valence electrons. The van der Waals surface area contributed by atoms with E-state index in [-0.39, 0.29) is 0 Å². The molecule has 0 bridgehead atoms. The molecule has 2 rings (SSSR count).